The second kappa shape index (κ2) is 7.23. The highest BCUT2D eigenvalue weighted by Crippen LogP contribution is 2.17. The number of imide groups is 1. The minimum Gasteiger partial charge on any atom is -0.324 e. The number of hydrogen-bond acceptors (Lipinski definition) is 3. The van der Waals surface area contributed by atoms with Crippen LogP contribution in [0.5, 0.6) is 0 Å². The summed E-state index contributed by atoms with van der Waals surface area (Å²) in [5, 5.41) is 5.25. The summed E-state index contributed by atoms with van der Waals surface area (Å²) in [5.41, 5.74) is 3.53. The molecule has 1 fully saturated rings. The fourth-order valence-electron chi connectivity index (χ4n) is 2.67. The topological polar surface area (TPSA) is 78.5 Å². The molecule has 0 unspecified atom stereocenters. The van der Waals surface area contributed by atoms with Crippen LogP contribution >= 0.6 is 0 Å². The molecule has 1 aliphatic heterocycles. The molecule has 6 heteroatoms. The van der Waals surface area contributed by atoms with Crippen LogP contribution in [0.15, 0.2) is 54.2 Å². The molecule has 1 saturated heterocycles. The second-order valence-electron chi connectivity index (χ2n) is 6.10. The molecular weight excluding hydrogens is 330 g/mol. The molecule has 3 rings (SSSR count). The van der Waals surface area contributed by atoms with E-state index in [9.17, 15) is 14.4 Å². The van der Waals surface area contributed by atoms with E-state index >= 15 is 0 Å². The molecule has 0 spiro atoms. The maximum absolute atomic E-state index is 12.5. The Morgan fingerprint density at radius 1 is 1.04 bits per heavy atom. The molecule has 2 aromatic rings. The third-order valence-electron chi connectivity index (χ3n) is 4.17. The van der Waals surface area contributed by atoms with Crippen molar-refractivity contribution in [1.82, 2.24) is 10.2 Å². The zero-order valence-electron chi connectivity index (χ0n) is 14.6. The second-order valence-corrected chi connectivity index (χ2v) is 6.10. The summed E-state index contributed by atoms with van der Waals surface area (Å²) in [6, 6.07) is 14.2. The van der Waals surface area contributed by atoms with E-state index in [-0.39, 0.29) is 12.2 Å². The Bertz CT molecular complexity index is 918. The maximum Gasteiger partial charge on any atom is 0.329 e. The number of amides is 4. The molecule has 6 nitrogen and oxygen atoms in total. The van der Waals surface area contributed by atoms with Gasteiger partial charge in [-0.25, -0.2) is 9.69 Å². The zero-order chi connectivity index (χ0) is 18.7. The fourth-order valence-corrected chi connectivity index (χ4v) is 2.67. The van der Waals surface area contributed by atoms with Crippen LogP contribution in [0.1, 0.15) is 16.7 Å². The highest BCUT2D eigenvalue weighted by Gasteiger charge is 2.35. The molecule has 0 aliphatic carbocycles. The van der Waals surface area contributed by atoms with Crippen molar-refractivity contribution in [1.29, 1.82) is 0 Å². The van der Waals surface area contributed by atoms with Crippen molar-refractivity contribution in [2.24, 2.45) is 0 Å². The molecule has 1 heterocycles. The van der Waals surface area contributed by atoms with Crippen molar-refractivity contribution >= 4 is 29.6 Å². The van der Waals surface area contributed by atoms with E-state index in [4.69, 9.17) is 0 Å². The molecule has 4 amide bonds. The van der Waals surface area contributed by atoms with Gasteiger partial charge in [0, 0.05) is 5.69 Å². The average Bonchev–Trinajstić information content (AvgIpc) is 2.86. The number of nitrogens with zero attached hydrogens (tertiary/aromatic N) is 1. The summed E-state index contributed by atoms with van der Waals surface area (Å²) in [4.78, 5) is 37.7. The van der Waals surface area contributed by atoms with Crippen molar-refractivity contribution in [2.45, 2.75) is 13.8 Å². The first-order valence-electron chi connectivity index (χ1n) is 8.21. The first kappa shape index (κ1) is 17.4. The van der Waals surface area contributed by atoms with Crippen LogP contribution in [0, 0.1) is 13.8 Å². The molecule has 0 atom stereocenters. The van der Waals surface area contributed by atoms with E-state index in [1.165, 1.54) is 0 Å². The lowest BCUT2D eigenvalue weighted by Gasteiger charge is -2.13. The number of aryl methyl sites for hydroxylation is 2. The van der Waals surface area contributed by atoms with Gasteiger partial charge >= 0.3 is 6.03 Å². The van der Waals surface area contributed by atoms with Crippen LogP contribution in [0.2, 0.25) is 0 Å². The average molecular weight is 349 g/mol. The Hall–Kier alpha value is -3.41. The first-order chi connectivity index (χ1) is 12.5. The van der Waals surface area contributed by atoms with Crippen LogP contribution < -0.4 is 10.6 Å². The monoisotopic (exact) mass is 349 g/mol. The van der Waals surface area contributed by atoms with Crippen molar-refractivity contribution in [3.05, 3.63) is 70.9 Å². The van der Waals surface area contributed by atoms with Gasteiger partial charge in [0.05, 0.1) is 0 Å². The molecule has 26 heavy (non-hydrogen) atoms. The van der Waals surface area contributed by atoms with E-state index in [1.807, 2.05) is 50.2 Å². The largest absolute Gasteiger partial charge is 0.329 e. The van der Waals surface area contributed by atoms with Gasteiger partial charge in [0.2, 0.25) is 5.91 Å². The maximum atomic E-state index is 12.5. The van der Waals surface area contributed by atoms with Gasteiger partial charge in [-0.3, -0.25) is 9.59 Å². The van der Waals surface area contributed by atoms with Crippen LogP contribution in [0.3, 0.4) is 0 Å². The molecule has 132 valence electrons. The Kier molecular flexibility index (Phi) is 4.84. The van der Waals surface area contributed by atoms with E-state index < -0.39 is 17.8 Å². The van der Waals surface area contributed by atoms with Crippen molar-refractivity contribution < 1.29 is 14.4 Å². The minimum atomic E-state index is -0.602. The van der Waals surface area contributed by atoms with Gasteiger partial charge < -0.3 is 10.6 Å². The molecule has 1 aliphatic rings. The normalized spacial score (nSPS) is 15.3. The summed E-state index contributed by atoms with van der Waals surface area (Å²) in [5.74, 6) is -0.946. The Labute approximate surface area is 151 Å². The van der Waals surface area contributed by atoms with Gasteiger partial charge in [-0.2, -0.15) is 0 Å². The number of urea groups is 1. The fraction of sp³-hybridized carbons (Fsp3) is 0.150. The third-order valence-corrected chi connectivity index (χ3v) is 4.17. The van der Waals surface area contributed by atoms with E-state index in [1.54, 1.807) is 18.2 Å². The van der Waals surface area contributed by atoms with Crippen molar-refractivity contribution in [2.75, 3.05) is 11.9 Å². The zero-order valence-corrected chi connectivity index (χ0v) is 14.6. The summed E-state index contributed by atoms with van der Waals surface area (Å²) in [6.45, 7) is 3.44. The lowest BCUT2D eigenvalue weighted by atomic mass is 10.1. The van der Waals surface area contributed by atoms with Gasteiger partial charge in [0.25, 0.3) is 5.91 Å². The molecule has 0 aromatic heterocycles. The number of nitrogens with one attached hydrogen (secondary N) is 2. The lowest BCUT2D eigenvalue weighted by molar-refractivity contribution is -0.127. The van der Waals surface area contributed by atoms with Gasteiger partial charge in [-0.1, -0.05) is 42.5 Å². The van der Waals surface area contributed by atoms with Crippen molar-refractivity contribution in [3.8, 4) is 0 Å². The molecule has 2 N–H and O–H groups in total. The van der Waals surface area contributed by atoms with Gasteiger partial charge in [0.1, 0.15) is 12.2 Å². The van der Waals surface area contributed by atoms with Crippen molar-refractivity contribution in [3.63, 3.8) is 0 Å². The molecule has 0 radical (unpaired) electrons. The molecule has 0 bridgehead atoms. The van der Waals surface area contributed by atoms with Crippen LogP contribution in [0.25, 0.3) is 6.08 Å². The van der Waals surface area contributed by atoms with Crippen LogP contribution in [0.4, 0.5) is 10.5 Å². The first-order valence-corrected chi connectivity index (χ1v) is 8.21. The highest BCUT2D eigenvalue weighted by atomic mass is 16.2. The third kappa shape index (κ3) is 3.64. The quantitative estimate of drug-likeness (QED) is 0.658. The molecular formula is C20H19N3O3. The number of benzene rings is 2. The Balaban J connectivity index is 1.72. The number of para-hydroxylation sites is 1. The van der Waals surface area contributed by atoms with Crippen LogP contribution in [-0.4, -0.2) is 29.3 Å². The summed E-state index contributed by atoms with van der Waals surface area (Å²) in [6.07, 6.45) is 1.62. The molecule has 0 saturated carbocycles. The lowest BCUT2D eigenvalue weighted by Crippen LogP contribution is -2.38. The van der Waals surface area contributed by atoms with Crippen LogP contribution in [-0.2, 0) is 9.59 Å². The van der Waals surface area contributed by atoms with Gasteiger partial charge in [-0.15, -0.1) is 0 Å². The standard InChI is InChI=1S/C20H19N3O3/c1-13-7-3-5-9-15(13)11-17-19(25)23(20(26)22-17)12-18(24)21-16-10-6-4-8-14(16)2/h3-11H,12H2,1-2H3,(H,21,24)(H,22,26)/b17-11-. The predicted octanol–water partition coefficient (Wildman–Crippen LogP) is 2.83. The molecule has 2 aromatic carbocycles. The van der Waals surface area contributed by atoms with E-state index in [0.717, 1.165) is 21.6 Å². The van der Waals surface area contributed by atoms with Gasteiger partial charge in [0.15, 0.2) is 0 Å². The predicted molar refractivity (Wildman–Crippen MR) is 99.2 cm³/mol. The Morgan fingerprint density at radius 2 is 1.69 bits per heavy atom. The number of rotatable bonds is 4. The summed E-state index contributed by atoms with van der Waals surface area (Å²) in [7, 11) is 0. The number of anilines is 1. The Morgan fingerprint density at radius 3 is 2.38 bits per heavy atom. The minimum absolute atomic E-state index is 0.160. The number of hydrogen-bond donors (Lipinski definition) is 2. The summed E-state index contributed by atoms with van der Waals surface area (Å²) < 4.78 is 0. The summed E-state index contributed by atoms with van der Waals surface area (Å²) >= 11 is 0. The SMILES string of the molecule is Cc1ccccc1/C=C1\NC(=O)N(CC(=O)Nc2ccccc2C)C1=O. The van der Waals surface area contributed by atoms with Gasteiger partial charge in [-0.05, 0) is 42.7 Å². The van der Waals surface area contributed by atoms with E-state index in [0.29, 0.717) is 5.69 Å². The van der Waals surface area contributed by atoms with E-state index in [2.05, 4.69) is 10.6 Å². The highest BCUT2D eigenvalue weighted by molar-refractivity contribution is 6.16. The number of carbonyl (C=O) groups is 3. The smallest absolute Gasteiger partial charge is 0.324 e. The number of carbonyl (C=O) groups excluding carboxylic acids is 3.